The molecule has 0 saturated carbocycles. The van der Waals surface area contributed by atoms with Crippen molar-refractivity contribution in [2.24, 2.45) is 0 Å². The second-order valence-electron chi connectivity index (χ2n) is 5.81. The van der Waals surface area contributed by atoms with Crippen molar-refractivity contribution in [2.45, 2.75) is 32.2 Å². The topological polar surface area (TPSA) is 83.7 Å². The molecule has 0 atom stereocenters. The van der Waals surface area contributed by atoms with Crippen molar-refractivity contribution in [3.8, 4) is 0 Å². The molecule has 8 heteroatoms. The number of sulfonamides is 1. The van der Waals surface area contributed by atoms with Crippen LogP contribution in [0, 0.1) is 13.8 Å². The number of rotatable bonds is 7. The third-order valence-electron chi connectivity index (χ3n) is 3.94. The van der Waals surface area contributed by atoms with E-state index in [0.717, 1.165) is 9.87 Å². The molecule has 1 aromatic heterocycles. The lowest BCUT2D eigenvalue weighted by molar-refractivity contribution is -0.131. The highest BCUT2D eigenvalue weighted by molar-refractivity contribution is 7.89. The monoisotopic (exact) mass is 365 g/mol. The fraction of sp³-hybridized carbons (Fsp3) is 0.412. The first-order chi connectivity index (χ1) is 11.8. The van der Waals surface area contributed by atoms with Crippen LogP contribution in [-0.4, -0.2) is 48.8 Å². The van der Waals surface area contributed by atoms with Gasteiger partial charge >= 0.3 is 0 Å². The second kappa shape index (κ2) is 7.79. The molecule has 0 bridgehead atoms. The van der Waals surface area contributed by atoms with Crippen LogP contribution in [0.1, 0.15) is 23.9 Å². The molecule has 0 aliphatic rings. The molecule has 0 spiro atoms. The Balaban J connectivity index is 2.13. The third kappa shape index (κ3) is 4.26. The first-order valence-corrected chi connectivity index (χ1v) is 9.42. The predicted octanol–water partition coefficient (Wildman–Crippen LogP) is 1.96. The number of carbonyl (C=O) groups excluding carboxylic acids is 1. The minimum absolute atomic E-state index is 0.0221. The molecule has 1 amide bonds. The number of carbonyl (C=O) groups is 1. The number of aromatic nitrogens is 1. The van der Waals surface area contributed by atoms with E-state index in [1.165, 1.54) is 14.0 Å². The minimum atomic E-state index is -3.84. The Morgan fingerprint density at radius 1 is 1.20 bits per heavy atom. The smallest absolute Gasteiger partial charge is 0.248 e. The number of likely N-dealkylation sites (N-methyl/N-ethyl adjacent to an activating group) is 2. The van der Waals surface area contributed by atoms with Gasteiger partial charge in [0, 0.05) is 20.1 Å². The average Bonchev–Trinajstić information content (AvgIpc) is 2.92. The van der Waals surface area contributed by atoms with Gasteiger partial charge in [0.15, 0.2) is 5.76 Å². The molecule has 0 saturated heterocycles. The van der Waals surface area contributed by atoms with Crippen LogP contribution in [0.2, 0.25) is 0 Å². The van der Waals surface area contributed by atoms with Crippen LogP contribution < -0.4 is 0 Å². The van der Waals surface area contributed by atoms with Crippen LogP contribution in [0.3, 0.4) is 0 Å². The molecule has 0 fully saturated rings. The van der Waals surface area contributed by atoms with E-state index in [2.05, 4.69) is 5.16 Å². The average molecular weight is 365 g/mol. The highest BCUT2D eigenvalue weighted by Crippen LogP contribution is 2.22. The van der Waals surface area contributed by atoms with Crippen molar-refractivity contribution in [3.05, 3.63) is 47.3 Å². The SMILES string of the molecule is CCN(Cc1ccccc1)C(=O)CN(C)S(=O)(=O)c1c(C)noc1C. The molecule has 0 radical (unpaired) electrons. The van der Waals surface area contributed by atoms with Gasteiger partial charge in [0.1, 0.15) is 10.6 Å². The van der Waals surface area contributed by atoms with Crippen LogP contribution in [0.4, 0.5) is 0 Å². The van der Waals surface area contributed by atoms with E-state index in [9.17, 15) is 13.2 Å². The Hall–Kier alpha value is -2.19. The lowest BCUT2D eigenvalue weighted by atomic mass is 10.2. The largest absolute Gasteiger partial charge is 0.360 e. The Morgan fingerprint density at radius 3 is 2.36 bits per heavy atom. The van der Waals surface area contributed by atoms with Crippen LogP contribution in [0.5, 0.6) is 0 Å². The van der Waals surface area contributed by atoms with Crippen molar-refractivity contribution in [3.63, 3.8) is 0 Å². The molecule has 1 heterocycles. The quantitative estimate of drug-likeness (QED) is 0.749. The van der Waals surface area contributed by atoms with E-state index < -0.39 is 10.0 Å². The van der Waals surface area contributed by atoms with Gasteiger partial charge in [0.25, 0.3) is 0 Å². The molecule has 2 rings (SSSR count). The summed E-state index contributed by atoms with van der Waals surface area (Å²) in [6.07, 6.45) is 0. The van der Waals surface area contributed by atoms with Gasteiger partial charge in [0.2, 0.25) is 15.9 Å². The van der Waals surface area contributed by atoms with Crippen LogP contribution in [0.15, 0.2) is 39.8 Å². The number of aryl methyl sites for hydroxylation is 2. The molecule has 1 aromatic carbocycles. The summed E-state index contributed by atoms with van der Waals surface area (Å²) in [5, 5.41) is 3.67. The van der Waals surface area contributed by atoms with Crippen molar-refractivity contribution in [2.75, 3.05) is 20.1 Å². The normalized spacial score (nSPS) is 11.7. The molecule has 0 unspecified atom stereocenters. The van der Waals surface area contributed by atoms with E-state index in [1.54, 1.807) is 11.8 Å². The number of hydrogen-bond acceptors (Lipinski definition) is 5. The van der Waals surface area contributed by atoms with Crippen LogP contribution >= 0.6 is 0 Å². The van der Waals surface area contributed by atoms with E-state index in [-0.39, 0.29) is 28.8 Å². The van der Waals surface area contributed by atoms with Gasteiger partial charge in [-0.1, -0.05) is 35.5 Å². The maximum atomic E-state index is 12.7. The summed E-state index contributed by atoms with van der Waals surface area (Å²) in [4.78, 5) is 14.2. The summed E-state index contributed by atoms with van der Waals surface area (Å²) in [7, 11) is -2.45. The summed E-state index contributed by atoms with van der Waals surface area (Å²) >= 11 is 0. The zero-order chi connectivity index (χ0) is 18.6. The minimum Gasteiger partial charge on any atom is -0.360 e. The summed E-state index contributed by atoms with van der Waals surface area (Å²) in [5.74, 6) is -0.0439. The fourth-order valence-corrected chi connectivity index (χ4v) is 3.96. The highest BCUT2D eigenvalue weighted by atomic mass is 32.2. The van der Waals surface area contributed by atoms with Gasteiger partial charge < -0.3 is 9.42 Å². The zero-order valence-corrected chi connectivity index (χ0v) is 15.7. The van der Waals surface area contributed by atoms with Gasteiger partial charge in [0.05, 0.1) is 6.54 Å². The number of nitrogens with zero attached hydrogens (tertiary/aromatic N) is 3. The number of benzene rings is 1. The van der Waals surface area contributed by atoms with Crippen LogP contribution in [-0.2, 0) is 21.4 Å². The standard InChI is InChI=1S/C17H23N3O4S/c1-5-20(11-15-9-7-6-8-10-15)16(21)12-19(4)25(22,23)17-13(2)18-24-14(17)3/h6-10H,5,11-12H2,1-4H3. The highest BCUT2D eigenvalue weighted by Gasteiger charge is 2.30. The van der Waals surface area contributed by atoms with Gasteiger partial charge in [-0.2, -0.15) is 4.31 Å². The van der Waals surface area contributed by atoms with E-state index in [1.807, 2.05) is 37.3 Å². The van der Waals surface area contributed by atoms with Gasteiger partial charge in [-0.3, -0.25) is 4.79 Å². The number of amides is 1. The van der Waals surface area contributed by atoms with Crippen molar-refractivity contribution >= 4 is 15.9 Å². The van der Waals surface area contributed by atoms with Crippen molar-refractivity contribution < 1.29 is 17.7 Å². The molecule has 136 valence electrons. The summed E-state index contributed by atoms with van der Waals surface area (Å²) in [6.45, 7) is 5.65. The third-order valence-corrected chi connectivity index (χ3v) is 5.99. The predicted molar refractivity (Wildman–Crippen MR) is 93.3 cm³/mol. The van der Waals surface area contributed by atoms with Gasteiger partial charge in [-0.25, -0.2) is 8.42 Å². The maximum Gasteiger partial charge on any atom is 0.248 e. The lowest BCUT2D eigenvalue weighted by Crippen LogP contribution is -2.41. The summed E-state index contributed by atoms with van der Waals surface area (Å²) < 4.78 is 31.4. The van der Waals surface area contributed by atoms with E-state index in [4.69, 9.17) is 4.52 Å². The maximum absolute atomic E-state index is 12.7. The Kier molecular flexibility index (Phi) is 5.97. The Labute approximate surface area is 148 Å². The molecule has 0 aliphatic heterocycles. The molecule has 0 N–H and O–H groups in total. The fourth-order valence-electron chi connectivity index (χ4n) is 2.55. The van der Waals surface area contributed by atoms with E-state index >= 15 is 0 Å². The molecule has 2 aromatic rings. The first kappa shape index (κ1) is 19.1. The Morgan fingerprint density at radius 2 is 1.84 bits per heavy atom. The van der Waals surface area contributed by atoms with Crippen molar-refractivity contribution in [1.29, 1.82) is 0 Å². The second-order valence-corrected chi connectivity index (χ2v) is 7.79. The molecule has 0 aliphatic carbocycles. The lowest BCUT2D eigenvalue weighted by Gasteiger charge is -2.24. The molecular weight excluding hydrogens is 342 g/mol. The summed E-state index contributed by atoms with van der Waals surface area (Å²) in [6, 6.07) is 9.58. The van der Waals surface area contributed by atoms with Crippen LogP contribution in [0.25, 0.3) is 0 Å². The molecule has 7 nitrogen and oxygen atoms in total. The van der Waals surface area contributed by atoms with Gasteiger partial charge in [-0.15, -0.1) is 0 Å². The zero-order valence-electron chi connectivity index (χ0n) is 14.9. The van der Waals surface area contributed by atoms with Gasteiger partial charge in [-0.05, 0) is 26.3 Å². The molecular formula is C17H23N3O4S. The molecule has 25 heavy (non-hydrogen) atoms. The Bertz CT molecular complexity index is 811. The number of hydrogen-bond donors (Lipinski definition) is 0. The first-order valence-electron chi connectivity index (χ1n) is 7.98. The van der Waals surface area contributed by atoms with Crippen molar-refractivity contribution in [1.82, 2.24) is 14.4 Å². The van der Waals surface area contributed by atoms with E-state index in [0.29, 0.717) is 13.1 Å². The summed E-state index contributed by atoms with van der Waals surface area (Å²) in [5.41, 5.74) is 1.28.